The smallest absolute Gasteiger partial charge is 0.225 e. The first-order valence-corrected chi connectivity index (χ1v) is 5.56. The Bertz CT molecular complexity index is 520. The van der Waals surface area contributed by atoms with E-state index in [1.54, 1.807) is 0 Å². The Labute approximate surface area is 87.8 Å². The monoisotopic (exact) mass is 227 g/mol. The first kappa shape index (κ1) is 11.6. The van der Waals surface area contributed by atoms with Crippen LogP contribution in [0.2, 0.25) is 0 Å². The maximum absolute atomic E-state index is 13.3. The van der Waals surface area contributed by atoms with Gasteiger partial charge in [-0.1, -0.05) is 25.3 Å². The molecular formula is C10H10FNO2S. The molecule has 5 heteroatoms. The molecule has 1 rings (SSSR count). The Morgan fingerprint density at radius 1 is 1.20 bits per heavy atom. The quantitative estimate of drug-likeness (QED) is 0.855. The van der Waals surface area contributed by atoms with Gasteiger partial charge < -0.3 is 0 Å². The third-order valence-electron chi connectivity index (χ3n) is 1.91. The van der Waals surface area contributed by atoms with Crippen LogP contribution in [0.15, 0.2) is 30.2 Å². The predicted octanol–water partition coefficient (Wildman–Crippen LogP) is 1.76. The van der Waals surface area contributed by atoms with Crippen molar-refractivity contribution >= 4 is 22.2 Å². The van der Waals surface area contributed by atoms with Gasteiger partial charge in [-0.25, -0.2) is 17.9 Å². The lowest BCUT2D eigenvalue weighted by molar-refractivity contribution is 0.596. The Morgan fingerprint density at radius 2 is 1.73 bits per heavy atom. The van der Waals surface area contributed by atoms with Gasteiger partial charge in [-0.2, -0.15) is 0 Å². The number of hydrogen-bond donors (Lipinski definition) is 1. The molecule has 0 atom stereocenters. The molecule has 80 valence electrons. The molecule has 0 aliphatic rings. The molecule has 0 unspecified atom stereocenters. The van der Waals surface area contributed by atoms with Crippen LogP contribution < -0.4 is 5.14 Å². The number of nitrogens with two attached hydrogens (primary N) is 1. The van der Waals surface area contributed by atoms with Crippen LogP contribution in [0.4, 0.5) is 4.39 Å². The van der Waals surface area contributed by atoms with Crippen LogP contribution in [0.25, 0.3) is 12.2 Å². The minimum Gasteiger partial charge on any atom is -0.225 e. The van der Waals surface area contributed by atoms with Gasteiger partial charge in [0.25, 0.3) is 0 Å². The van der Waals surface area contributed by atoms with Crippen LogP contribution in [0.5, 0.6) is 0 Å². The average molecular weight is 227 g/mol. The van der Waals surface area contributed by atoms with E-state index in [1.165, 1.54) is 12.2 Å². The minimum atomic E-state index is -3.88. The van der Waals surface area contributed by atoms with E-state index in [4.69, 9.17) is 5.14 Å². The highest BCUT2D eigenvalue weighted by Crippen LogP contribution is 2.23. The maximum atomic E-state index is 13.3. The summed E-state index contributed by atoms with van der Waals surface area (Å²) in [4.78, 5) is -0.159. The Balaban J connectivity index is 3.71. The Kier molecular flexibility index (Phi) is 3.06. The van der Waals surface area contributed by atoms with E-state index >= 15 is 0 Å². The molecule has 0 amide bonds. The van der Waals surface area contributed by atoms with Crippen molar-refractivity contribution in [1.82, 2.24) is 0 Å². The first-order valence-electron chi connectivity index (χ1n) is 4.02. The molecule has 2 N–H and O–H groups in total. The molecule has 1 aromatic carbocycles. The molecular weight excluding hydrogens is 217 g/mol. The second-order valence-electron chi connectivity index (χ2n) is 2.83. The van der Waals surface area contributed by atoms with E-state index in [-0.39, 0.29) is 16.0 Å². The van der Waals surface area contributed by atoms with E-state index in [9.17, 15) is 12.8 Å². The molecule has 0 spiro atoms. The number of rotatable bonds is 3. The van der Waals surface area contributed by atoms with Gasteiger partial charge in [-0.3, -0.25) is 0 Å². The van der Waals surface area contributed by atoms with E-state index in [1.807, 2.05) is 0 Å². The van der Waals surface area contributed by atoms with Gasteiger partial charge in [0.2, 0.25) is 10.0 Å². The average Bonchev–Trinajstić information content (AvgIpc) is 2.15. The summed E-state index contributed by atoms with van der Waals surface area (Å²) < 4.78 is 35.6. The van der Waals surface area contributed by atoms with Gasteiger partial charge in [-0.05, 0) is 12.1 Å². The zero-order valence-corrected chi connectivity index (χ0v) is 8.72. The van der Waals surface area contributed by atoms with E-state index in [0.717, 1.165) is 12.1 Å². The summed E-state index contributed by atoms with van der Waals surface area (Å²) in [5, 5.41) is 4.97. The summed E-state index contributed by atoms with van der Waals surface area (Å²) in [7, 11) is -3.88. The molecule has 0 fully saturated rings. The van der Waals surface area contributed by atoms with E-state index < -0.39 is 15.8 Å². The zero-order chi connectivity index (χ0) is 11.6. The topological polar surface area (TPSA) is 60.2 Å². The zero-order valence-electron chi connectivity index (χ0n) is 7.90. The number of benzene rings is 1. The molecule has 0 aromatic heterocycles. The fraction of sp³-hybridized carbons (Fsp3) is 0. The fourth-order valence-corrected chi connectivity index (χ4v) is 2.01. The van der Waals surface area contributed by atoms with Crippen molar-refractivity contribution in [2.24, 2.45) is 5.14 Å². The predicted molar refractivity (Wildman–Crippen MR) is 58.0 cm³/mol. The van der Waals surface area contributed by atoms with Crippen LogP contribution in [0.3, 0.4) is 0 Å². The molecule has 3 nitrogen and oxygen atoms in total. The maximum Gasteiger partial charge on any atom is 0.238 e. The van der Waals surface area contributed by atoms with E-state index in [2.05, 4.69) is 13.2 Å². The number of hydrogen-bond acceptors (Lipinski definition) is 2. The van der Waals surface area contributed by atoms with Crippen LogP contribution in [-0.2, 0) is 10.0 Å². The summed E-state index contributed by atoms with van der Waals surface area (Å²) >= 11 is 0. The van der Waals surface area contributed by atoms with Crippen LogP contribution >= 0.6 is 0 Å². The van der Waals surface area contributed by atoms with Gasteiger partial charge in [0.05, 0.1) is 4.90 Å². The summed E-state index contributed by atoms with van der Waals surface area (Å²) in [5.74, 6) is -0.563. The number of sulfonamides is 1. The van der Waals surface area contributed by atoms with Gasteiger partial charge >= 0.3 is 0 Å². The SMILES string of the molecule is C=Cc1c(F)ccc(S(N)(=O)=O)c1C=C. The summed E-state index contributed by atoms with van der Waals surface area (Å²) in [6, 6.07) is 2.14. The standard InChI is InChI=1S/C10H10FNO2S/c1-3-7-8(4-2)10(15(12,13)14)6-5-9(7)11/h3-6H,1-2H2,(H2,12,13,14). The third kappa shape index (κ3) is 2.14. The lowest BCUT2D eigenvalue weighted by Crippen LogP contribution is -2.14. The van der Waals surface area contributed by atoms with Crippen molar-refractivity contribution in [2.75, 3.05) is 0 Å². The lowest BCUT2D eigenvalue weighted by atomic mass is 10.1. The Hall–Kier alpha value is -1.46. The summed E-state index contributed by atoms with van der Waals surface area (Å²) in [6.07, 6.45) is 2.46. The molecule has 1 aromatic rings. The molecule has 0 radical (unpaired) electrons. The highest BCUT2D eigenvalue weighted by Gasteiger charge is 2.16. The second-order valence-corrected chi connectivity index (χ2v) is 4.36. The summed E-state index contributed by atoms with van der Waals surface area (Å²) in [5.41, 5.74) is 0.212. The van der Waals surface area contributed by atoms with Crippen LogP contribution in [0, 0.1) is 5.82 Å². The summed E-state index contributed by atoms with van der Waals surface area (Å²) in [6.45, 7) is 6.82. The lowest BCUT2D eigenvalue weighted by Gasteiger charge is -2.07. The Morgan fingerprint density at radius 3 is 2.13 bits per heavy atom. The molecule has 0 saturated carbocycles. The first-order chi connectivity index (χ1) is 6.91. The molecule has 0 heterocycles. The molecule has 15 heavy (non-hydrogen) atoms. The number of primary sulfonamides is 1. The normalized spacial score (nSPS) is 11.1. The number of halogens is 1. The van der Waals surface area contributed by atoms with Crippen molar-refractivity contribution in [1.29, 1.82) is 0 Å². The second kappa shape index (κ2) is 3.96. The highest BCUT2D eigenvalue weighted by atomic mass is 32.2. The van der Waals surface area contributed by atoms with E-state index in [0.29, 0.717) is 0 Å². The largest absolute Gasteiger partial charge is 0.238 e. The van der Waals surface area contributed by atoms with Crippen molar-refractivity contribution in [3.8, 4) is 0 Å². The van der Waals surface area contributed by atoms with Gasteiger partial charge in [0.1, 0.15) is 5.82 Å². The van der Waals surface area contributed by atoms with Gasteiger partial charge in [-0.15, -0.1) is 0 Å². The third-order valence-corrected chi connectivity index (χ3v) is 2.88. The van der Waals surface area contributed by atoms with Gasteiger partial charge in [0, 0.05) is 11.1 Å². The minimum absolute atomic E-state index is 0.0801. The van der Waals surface area contributed by atoms with Crippen molar-refractivity contribution in [3.63, 3.8) is 0 Å². The fourth-order valence-electron chi connectivity index (χ4n) is 1.26. The van der Waals surface area contributed by atoms with Crippen LogP contribution in [0.1, 0.15) is 11.1 Å². The van der Waals surface area contributed by atoms with Gasteiger partial charge in [0.15, 0.2) is 0 Å². The molecule has 0 saturated heterocycles. The van der Waals surface area contributed by atoms with Crippen molar-refractivity contribution < 1.29 is 12.8 Å². The van der Waals surface area contributed by atoms with Crippen LogP contribution in [-0.4, -0.2) is 8.42 Å². The molecule has 0 aliphatic heterocycles. The highest BCUT2D eigenvalue weighted by molar-refractivity contribution is 7.89. The molecule has 0 bridgehead atoms. The van der Waals surface area contributed by atoms with Crippen molar-refractivity contribution in [2.45, 2.75) is 4.90 Å². The van der Waals surface area contributed by atoms with Crippen molar-refractivity contribution in [3.05, 3.63) is 42.2 Å². The molecule has 0 aliphatic carbocycles.